The molecule has 1 unspecified atom stereocenters. The lowest BCUT2D eigenvalue weighted by Crippen LogP contribution is -2.44. The third kappa shape index (κ3) is 2.62. The molecular formula is C15H18FN3O. The number of morpholine rings is 1. The second-order valence-electron chi connectivity index (χ2n) is 5.31. The molecule has 0 N–H and O–H groups in total. The summed E-state index contributed by atoms with van der Waals surface area (Å²) in [4.78, 5) is 4.66. The van der Waals surface area contributed by atoms with Crippen molar-refractivity contribution in [2.24, 2.45) is 0 Å². The molecule has 2 fully saturated rings. The van der Waals surface area contributed by atoms with Gasteiger partial charge < -0.3 is 9.64 Å². The van der Waals surface area contributed by atoms with Crippen molar-refractivity contribution in [3.63, 3.8) is 0 Å². The Morgan fingerprint density at radius 1 is 1.25 bits per heavy atom. The Bertz CT molecular complexity index is 522. The molecule has 0 radical (unpaired) electrons. The van der Waals surface area contributed by atoms with Gasteiger partial charge in [0, 0.05) is 37.9 Å². The second kappa shape index (κ2) is 5.78. The van der Waals surface area contributed by atoms with Crippen LogP contribution in [0.5, 0.6) is 0 Å². The Morgan fingerprint density at radius 2 is 2.05 bits per heavy atom. The number of hydrogen-bond donors (Lipinski definition) is 0. The molecule has 1 aromatic carbocycles. The topological polar surface area (TPSA) is 39.5 Å². The van der Waals surface area contributed by atoms with Crippen LogP contribution in [0.1, 0.15) is 12.0 Å². The Balaban J connectivity index is 1.67. The zero-order valence-electron chi connectivity index (χ0n) is 11.4. The highest BCUT2D eigenvalue weighted by Gasteiger charge is 2.29. The average molecular weight is 275 g/mol. The number of rotatable bonds is 2. The van der Waals surface area contributed by atoms with Crippen molar-refractivity contribution in [3.8, 4) is 6.07 Å². The van der Waals surface area contributed by atoms with Gasteiger partial charge in [-0.3, -0.25) is 4.90 Å². The van der Waals surface area contributed by atoms with Gasteiger partial charge in [0.25, 0.3) is 0 Å². The predicted molar refractivity (Wildman–Crippen MR) is 74.1 cm³/mol. The highest BCUT2D eigenvalue weighted by Crippen LogP contribution is 2.25. The highest BCUT2D eigenvalue weighted by atomic mass is 19.1. The number of benzene rings is 1. The van der Waals surface area contributed by atoms with E-state index in [1.165, 1.54) is 6.07 Å². The maximum atomic E-state index is 13.7. The molecule has 0 saturated carbocycles. The van der Waals surface area contributed by atoms with E-state index in [2.05, 4.69) is 9.80 Å². The Kier molecular flexibility index (Phi) is 3.86. The van der Waals surface area contributed by atoms with E-state index in [-0.39, 0.29) is 5.56 Å². The normalized spacial score (nSPS) is 23.8. The van der Waals surface area contributed by atoms with Crippen molar-refractivity contribution in [3.05, 3.63) is 29.6 Å². The van der Waals surface area contributed by atoms with E-state index < -0.39 is 5.82 Å². The van der Waals surface area contributed by atoms with Crippen LogP contribution in [0.15, 0.2) is 18.2 Å². The van der Waals surface area contributed by atoms with Crippen LogP contribution in [-0.2, 0) is 4.74 Å². The summed E-state index contributed by atoms with van der Waals surface area (Å²) < 4.78 is 19.1. The molecule has 2 heterocycles. The van der Waals surface area contributed by atoms with Crippen molar-refractivity contribution in [1.82, 2.24) is 4.90 Å². The molecule has 20 heavy (non-hydrogen) atoms. The predicted octanol–water partition coefficient (Wildman–Crippen LogP) is 1.61. The molecule has 1 aromatic rings. The number of nitriles is 1. The molecule has 3 rings (SSSR count). The molecule has 1 atom stereocenters. The summed E-state index contributed by atoms with van der Waals surface area (Å²) in [6.07, 6.45) is 1.10. The number of nitrogens with zero attached hydrogens (tertiary/aromatic N) is 3. The number of hydrogen-bond acceptors (Lipinski definition) is 4. The molecule has 4 nitrogen and oxygen atoms in total. The molecule has 106 valence electrons. The molecule has 0 amide bonds. The molecule has 0 aliphatic carbocycles. The lowest BCUT2D eigenvalue weighted by molar-refractivity contribution is 0.0209. The first-order valence-electron chi connectivity index (χ1n) is 7.04. The van der Waals surface area contributed by atoms with Crippen molar-refractivity contribution < 1.29 is 9.13 Å². The van der Waals surface area contributed by atoms with E-state index in [4.69, 9.17) is 10.00 Å². The van der Waals surface area contributed by atoms with Crippen molar-refractivity contribution in [2.75, 3.05) is 44.3 Å². The first-order valence-corrected chi connectivity index (χ1v) is 7.04. The van der Waals surface area contributed by atoms with Gasteiger partial charge in [0.15, 0.2) is 0 Å². The molecule has 0 aromatic heterocycles. The van der Waals surface area contributed by atoms with Gasteiger partial charge in [-0.05, 0) is 24.6 Å². The van der Waals surface area contributed by atoms with E-state index in [1.54, 1.807) is 6.07 Å². The third-order valence-electron chi connectivity index (χ3n) is 4.16. The summed E-state index contributed by atoms with van der Waals surface area (Å²) in [5, 5.41) is 8.76. The van der Waals surface area contributed by atoms with E-state index in [1.807, 2.05) is 12.1 Å². The van der Waals surface area contributed by atoms with Crippen LogP contribution >= 0.6 is 0 Å². The highest BCUT2D eigenvalue weighted by molar-refractivity contribution is 5.51. The fourth-order valence-electron chi connectivity index (χ4n) is 3.01. The molecule has 5 heteroatoms. The summed E-state index contributed by atoms with van der Waals surface area (Å²) in [6, 6.07) is 7.25. The van der Waals surface area contributed by atoms with Gasteiger partial charge in [-0.2, -0.15) is 5.26 Å². The van der Waals surface area contributed by atoms with Gasteiger partial charge in [0.2, 0.25) is 0 Å². The summed E-state index contributed by atoms with van der Waals surface area (Å²) >= 11 is 0. The SMILES string of the molecule is N#Cc1ccc(N2CCC(N3CCOCC3)C2)cc1F. The Morgan fingerprint density at radius 3 is 2.75 bits per heavy atom. The van der Waals surface area contributed by atoms with Crippen LogP contribution in [0.25, 0.3) is 0 Å². The first kappa shape index (κ1) is 13.3. The molecular weight excluding hydrogens is 257 g/mol. The van der Waals surface area contributed by atoms with Crippen LogP contribution in [0.2, 0.25) is 0 Å². The standard InChI is InChI=1S/C15H18FN3O/c16-15-9-13(2-1-12(15)10-17)19-4-3-14(11-19)18-5-7-20-8-6-18/h1-2,9,14H,3-8,11H2. The van der Waals surface area contributed by atoms with Gasteiger partial charge >= 0.3 is 0 Å². The number of ether oxygens (including phenoxy) is 1. The lowest BCUT2D eigenvalue weighted by Gasteiger charge is -2.32. The Labute approximate surface area is 118 Å². The molecule has 2 saturated heterocycles. The zero-order chi connectivity index (χ0) is 13.9. The first-order chi connectivity index (χ1) is 9.78. The van der Waals surface area contributed by atoms with E-state index in [0.29, 0.717) is 6.04 Å². The van der Waals surface area contributed by atoms with E-state index in [0.717, 1.165) is 51.5 Å². The Hall–Kier alpha value is -1.64. The van der Waals surface area contributed by atoms with Crippen molar-refractivity contribution >= 4 is 5.69 Å². The quantitative estimate of drug-likeness (QED) is 0.822. The van der Waals surface area contributed by atoms with Gasteiger partial charge in [-0.15, -0.1) is 0 Å². The summed E-state index contributed by atoms with van der Waals surface area (Å²) in [5.74, 6) is -0.431. The second-order valence-corrected chi connectivity index (χ2v) is 5.31. The van der Waals surface area contributed by atoms with Gasteiger partial charge in [-0.25, -0.2) is 4.39 Å². The maximum Gasteiger partial charge on any atom is 0.143 e. The van der Waals surface area contributed by atoms with E-state index in [9.17, 15) is 4.39 Å². The van der Waals surface area contributed by atoms with E-state index >= 15 is 0 Å². The largest absolute Gasteiger partial charge is 0.379 e. The maximum absolute atomic E-state index is 13.7. The van der Waals surface area contributed by atoms with Crippen LogP contribution in [0.3, 0.4) is 0 Å². The monoisotopic (exact) mass is 275 g/mol. The van der Waals surface area contributed by atoms with Crippen molar-refractivity contribution in [1.29, 1.82) is 5.26 Å². The minimum atomic E-state index is -0.431. The molecule has 0 bridgehead atoms. The van der Waals surface area contributed by atoms with Crippen LogP contribution in [-0.4, -0.2) is 50.3 Å². The average Bonchev–Trinajstić information content (AvgIpc) is 2.98. The third-order valence-corrected chi connectivity index (χ3v) is 4.16. The molecule has 2 aliphatic heterocycles. The smallest absolute Gasteiger partial charge is 0.143 e. The molecule has 0 spiro atoms. The number of anilines is 1. The van der Waals surface area contributed by atoms with Gasteiger partial charge in [-0.1, -0.05) is 0 Å². The summed E-state index contributed by atoms with van der Waals surface area (Å²) in [6.45, 7) is 5.45. The van der Waals surface area contributed by atoms with Crippen LogP contribution < -0.4 is 4.90 Å². The van der Waals surface area contributed by atoms with Crippen LogP contribution in [0.4, 0.5) is 10.1 Å². The molecule has 2 aliphatic rings. The van der Waals surface area contributed by atoms with Crippen molar-refractivity contribution in [2.45, 2.75) is 12.5 Å². The zero-order valence-corrected chi connectivity index (χ0v) is 11.4. The summed E-state index contributed by atoms with van der Waals surface area (Å²) in [5.41, 5.74) is 0.981. The van der Waals surface area contributed by atoms with Crippen LogP contribution in [0, 0.1) is 17.1 Å². The summed E-state index contributed by atoms with van der Waals surface area (Å²) in [7, 11) is 0. The minimum Gasteiger partial charge on any atom is -0.379 e. The lowest BCUT2D eigenvalue weighted by atomic mass is 10.2. The number of halogens is 1. The van der Waals surface area contributed by atoms with Gasteiger partial charge in [0.1, 0.15) is 11.9 Å². The van der Waals surface area contributed by atoms with Gasteiger partial charge in [0.05, 0.1) is 18.8 Å². The fraction of sp³-hybridized carbons (Fsp3) is 0.533. The fourth-order valence-corrected chi connectivity index (χ4v) is 3.01. The minimum absolute atomic E-state index is 0.109.